The van der Waals surface area contributed by atoms with Crippen LogP contribution < -0.4 is 0 Å². The first-order valence-corrected chi connectivity index (χ1v) is 4.94. The first-order chi connectivity index (χ1) is 8.44. The number of Topliss-reactive ketones (excluding diaryl/α,β-unsaturated/α-hetero) is 1. The number of aliphatic carboxylic acids is 1. The second-order valence-corrected chi connectivity index (χ2v) is 3.59. The molecule has 4 nitrogen and oxygen atoms in total. The maximum absolute atomic E-state index is 13.2. The molecule has 2 aromatic rings. The summed E-state index contributed by atoms with van der Waals surface area (Å²) in [4.78, 5) is 25.5. The summed E-state index contributed by atoms with van der Waals surface area (Å²) in [5.41, 5.74) is -0.541. The molecule has 0 fully saturated rings. The van der Waals surface area contributed by atoms with Crippen molar-refractivity contribution in [3.8, 4) is 0 Å². The highest BCUT2D eigenvalue weighted by Gasteiger charge is 2.49. The molecule has 1 heterocycles. The number of benzene rings is 1. The van der Waals surface area contributed by atoms with Gasteiger partial charge in [0.25, 0.3) is 5.78 Å². The lowest BCUT2D eigenvalue weighted by molar-refractivity contribution is -0.157. The predicted molar refractivity (Wildman–Crippen MR) is 58.7 cm³/mol. The maximum Gasteiger partial charge on any atom is 0.405 e. The van der Waals surface area contributed by atoms with Crippen molar-refractivity contribution in [1.29, 1.82) is 0 Å². The normalized spacial score (nSPS) is 11.4. The summed E-state index contributed by atoms with van der Waals surface area (Å²) in [5.74, 6) is -8.77. The quantitative estimate of drug-likeness (QED) is 0.670. The SMILES string of the molecule is O=C(O)C(F)(F)C(=O)c1nccc2ccccc12. The average Bonchev–Trinajstić information content (AvgIpc) is 2.37. The number of fused-ring (bicyclic) bond motifs is 1. The molecule has 0 atom stereocenters. The van der Waals surface area contributed by atoms with E-state index in [9.17, 15) is 18.4 Å². The third-order valence-electron chi connectivity index (χ3n) is 2.44. The van der Waals surface area contributed by atoms with Crippen molar-refractivity contribution in [3.05, 3.63) is 42.2 Å². The minimum atomic E-state index is -4.48. The Morgan fingerprint density at radius 1 is 1.17 bits per heavy atom. The molecular weight excluding hydrogens is 244 g/mol. The highest BCUT2D eigenvalue weighted by atomic mass is 19.3. The van der Waals surface area contributed by atoms with Crippen LogP contribution in [0.1, 0.15) is 10.5 Å². The summed E-state index contributed by atoms with van der Waals surface area (Å²) in [6, 6.07) is 7.83. The van der Waals surface area contributed by atoms with Gasteiger partial charge in [0.2, 0.25) is 0 Å². The number of halogens is 2. The van der Waals surface area contributed by atoms with Gasteiger partial charge in [-0.2, -0.15) is 8.78 Å². The Kier molecular flexibility index (Phi) is 2.78. The maximum atomic E-state index is 13.2. The number of hydrogen-bond acceptors (Lipinski definition) is 3. The molecule has 0 saturated heterocycles. The molecule has 2 rings (SSSR count). The Hall–Kier alpha value is -2.37. The van der Waals surface area contributed by atoms with Crippen LogP contribution in [-0.2, 0) is 4.79 Å². The van der Waals surface area contributed by atoms with E-state index in [0.717, 1.165) is 0 Å². The summed E-state index contributed by atoms with van der Waals surface area (Å²) < 4.78 is 26.3. The van der Waals surface area contributed by atoms with Crippen LogP contribution in [0.5, 0.6) is 0 Å². The summed E-state index contributed by atoms with van der Waals surface area (Å²) in [6.07, 6.45) is 1.19. The Labute approximate surface area is 99.9 Å². The van der Waals surface area contributed by atoms with Crippen LogP contribution in [-0.4, -0.2) is 27.8 Å². The number of carboxylic acids is 1. The monoisotopic (exact) mass is 251 g/mol. The van der Waals surface area contributed by atoms with Gasteiger partial charge >= 0.3 is 11.9 Å². The Bertz CT molecular complexity index is 635. The number of carboxylic acid groups (broad SMARTS) is 1. The molecule has 92 valence electrons. The van der Waals surface area contributed by atoms with Gasteiger partial charge < -0.3 is 5.11 Å². The van der Waals surface area contributed by atoms with E-state index in [4.69, 9.17) is 5.11 Å². The number of carbonyl (C=O) groups is 2. The zero-order chi connectivity index (χ0) is 13.3. The van der Waals surface area contributed by atoms with Gasteiger partial charge in [-0.3, -0.25) is 9.78 Å². The Balaban J connectivity index is 2.62. The van der Waals surface area contributed by atoms with Crippen molar-refractivity contribution in [3.63, 3.8) is 0 Å². The molecule has 0 spiro atoms. The molecule has 1 N–H and O–H groups in total. The standard InChI is InChI=1S/C12H7F2NO3/c13-12(14,11(17)18)10(16)9-8-4-2-1-3-7(8)5-6-15-9/h1-6H,(H,17,18). The fraction of sp³-hybridized carbons (Fsp3) is 0.0833. The van der Waals surface area contributed by atoms with Crippen molar-refractivity contribution in [1.82, 2.24) is 4.98 Å². The van der Waals surface area contributed by atoms with E-state index in [1.807, 2.05) is 0 Å². The second-order valence-electron chi connectivity index (χ2n) is 3.59. The molecule has 0 aliphatic carbocycles. The van der Waals surface area contributed by atoms with Crippen molar-refractivity contribution < 1.29 is 23.5 Å². The minimum absolute atomic E-state index is 0.200. The van der Waals surface area contributed by atoms with Gasteiger partial charge in [0.05, 0.1) is 0 Å². The molecule has 0 unspecified atom stereocenters. The zero-order valence-corrected chi connectivity index (χ0v) is 8.93. The van der Waals surface area contributed by atoms with Crippen molar-refractivity contribution in [2.75, 3.05) is 0 Å². The highest BCUT2D eigenvalue weighted by Crippen LogP contribution is 2.24. The molecule has 0 aliphatic heterocycles. The van der Waals surface area contributed by atoms with E-state index in [1.165, 1.54) is 12.3 Å². The lowest BCUT2D eigenvalue weighted by atomic mass is 10.0. The van der Waals surface area contributed by atoms with Crippen LogP contribution in [0, 0.1) is 0 Å². The molecule has 1 aromatic heterocycles. The van der Waals surface area contributed by atoms with Crippen molar-refractivity contribution >= 4 is 22.5 Å². The number of ketones is 1. The summed E-state index contributed by atoms with van der Waals surface area (Å²) in [7, 11) is 0. The molecule has 1 aromatic carbocycles. The van der Waals surface area contributed by atoms with Crippen molar-refractivity contribution in [2.45, 2.75) is 5.92 Å². The number of alkyl halides is 2. The van der Waals surface area contributed by atoms with Crippen LogP contribution in [0.2, 0.25) is 0 Å². The van der Waals surface area contributed by atoms with Gasteiger partial charge in [-0.1, -0.05) is 24.3 Å². The van der Waals surface area contributed by atoms with Crippen molar-refractivity contribution in [2.24, 2.45) is 0 Å². The summed E-state index contributed by atoms with van der Waals surface area (Å²) in [5, 5.41) is 9.09. The average molecular weight is 251 g/mol. The molecule has 18 heavy (non-hydrogen) atoms. The van der Waals surface area contributed by atoms with Crippen LogP contribution in [0.25, 0.3) is 10.8 Å². The number of carbonyl (C=O) groups excluding carboxylic acids is 1. The molecule has 0 aliphatic rings. The molecular formula is C12H7F2NO3. The van der Waals surface area contributed by atoms with Gasteiger partial charge in [0, 0.05) is 11.6 Å². The topological polar surface area (TPSA) is 67.3 Å². The first kappa shape index (κ1) is 12.1. The summed E-state index contributed by atoms with van der Waals surface area (Å²) >= 11 is 0. The largest absolute Gasteiger partial charge is 0.476 e. The van der Waals surface area contributed by atoms with Gasteiger partial charge in [0.1, 0.15) is 5.69 Å². The molecule has 0 amide bonds. The summed E-state index contributed by atoms with van der Waals surface area (Å²) in [6.45, 7) is 0. The van der Waals surface area contributed by atoms with E-state index in [-0.39, 0.29) is 5.39 Å². The van der Waals surface area contributed by atoms with Gasteiger partial charge in [0.15, 0.2) is 0 Å². The van der Waals surface area contributed by atoms with E-state index >= 15 is 0 Å². The number of hydrogen-bond donors (Lipinski definition) is 1. The van der Waals surface area contributed by atoms with Crippen LogP contribution in [0.15, 0.2) is 36.5 Å². The fourth-order valence-corrected chi connectivity index (χ4v) is 1.55. The third kappa shape index (κ3) is 1.81. The van der Waals surface area contributed by atoms with Gasteiger partial charge in [-0.05, 0) is 11.5 Å². The minimum Gasteiger partial charge on any atom is -0.476 e. The molecule has 0 bridgehead atoms. The van der Waals surface area contributed by atoms with Crippen LogP contribution in [0.4, 0.5) is 8.78 Å². The van der Waals surface area contributed by atoms with Crippen LogP contribution >= 0.6 is 0 Å². The fourth-order valence-electron chi connectivity index (χ4n) is 1.55. The van der Waals surface area contributed by atoms with Gasteiger partial charge in [-0.25, -0.2) is 4.79 Å². The zero-order valence-electron chi connectivity index (χ0n) is 8.93. The second kappa shape index (κ2) is 4.14. The lowest BCUT2D eigenvalue weighted by Crippen LogP contribution is -2.38. The smallest absolute Gasteiger partial charge is 0.405 e. The number of aromatic nitrogens is 1. The Morgan fingerprint density at radius 2 is 1.83 bits per heavy atom. The number of rotatable bonds is 3. The van der Waals surface area contributed by atoms with E-state index in [0.29, 0.717) is 5.39 Å². The van der Waals surface area contributed by atoms with E-state index < -0.39 is 23.4 Å². The Morgan fingerprint density at radius 3 is 2.50 bits per heavy atom. The number of pyridine rings is 1. The van der Waals surface area contributed by atoms with Crippen LogP contribution in [0.3, 0.4) is 0 Å². The lowest BCUT2D eigenvalue weighted by Gasteiger charge is -2.10. The van der Waals surface area contributed by atoms with Gasteiger partial charge in [-0.15, -0.1) is 0 Å². The van der Waals surface area contributed by atoms with E-state index in [1.54, 1.807) is 24.3 Å². The molecule has 6 heteroatoms. The molecule has 0 radical (unpaired) electrons. The van der Waals surface area contributed by atoms with E-state index in [2.05, 4.69) is 4.98 Å². The molecule has 0 saturated carbocycles. The number of nitrogens with zero attached hydrogens (tertiary/aromatic N) is 1. The third-order valence-corrected chi connectivity index (χ3v) is 2.44. The first-order valence-electron chi connectivity index (χ1n) is 4.94. The predicted octanol–water partition coefficient (Wildman–Crippen LogP) is 2.14. The highest BCUT2D eigenvalue weighted by molar-refractivity contribution is 6.17.